The molecular formula is C13H26N2O. The molecule has 0 unspecified atom stereocenters. The van der Waals surface area contributed by atoms with Crippen LogP contribution in [0.15, 0.2) is 0 Å². The standard InChI is InChI=1S/C13H26N2O/c1-4-13(14,5-2)12(16)15-10(3)11-8-6-7-9-11/h10-11H,4-9,14H2,1-3H3,(H,15,16)/t10-/m1/s1. The van der Waals surface area contributed by atoms with Crippen LogP contribution in [0.5, 0.6) is 0 Å². The number of nitrogens with two attached hydrogens (primary N) is 1. The van der Waals surface area contributed by atoms with E-state index in [-0.39, 0.29) is 11.9 Å². The molecule has 1 fully saturated rings. The van der Waals surface area contributed by atoms with Crippen LogP contribution in [0.4, 0.5) is 0 Å². The molecule has 3 heteroatoms. The quantitative estimate of drug-likeness (QED) is 0.755. The van der Waals surface area contributed by atoms with Crippen molar-refractivity contribution in [3.05, 3.63) is 0 Å². The second-order valence-corrected chi connectivity index (χ2v) is 5.17. The van der Waals surface area contributed by atoms with E-state index in [4.69, 9.17) is 5.73 Å². The van der Waals surface area contributed by atoms with Crippen LogP contribution in [0.25, 0.3) is 0 Å². The Kier molecular flexibility index (Phi) is 4.78. The van der Waals surface area contributed by atoms with Gasteiger partial charge in [-0.1, -0.05) is 26.7 Å². The van der Waals surface area contributed by atoms with Crippen LogP contribution >= 0.6 is 0 Å². The van der Waals surface area contributed by atoms with Crippen molar-refractivity contribution in [2.45, 2.75) is 70.9 Å². The first-order valence-electron chi connectivity index (χ1n) is 6.63. The summed E-state index contributed by atoms with van der Waals surface area (Å²) in [5.74, 6) is 0.679. The van der Waals surface area contributed by atoms with Crippen molar-refractivity contribution in [3.8, 4) is 0 Å². The molecule has 0 aromatic rings. The van der Waals surface area contributed by atoms with Gasteiger partial charge in [-0.15, -0.1) is 0 Å². The van der Waals surface area contributed by atoms with Crippen molar-refractivity contribution in [1.82, 2.24) is 5.32 Å². The monoisotopic (exact) mass is 226 g/mol. The van der Waals surface area contributed by atoms with Crippen LogP contribution in [0, 0.1) is 5.92 Å². The first kappa shape index (κ1) is 13.5. The van der Waals surface area contributed by atoms with Gasteiger partial charge in [0.1, 0.15) is 0 Å². The lowest BCUT2D eigenvalue weighted by Crippen LogP contribution is -2.55. The van der Waals surface area contributed by atoms with Gasteiger partial charge in [-0.3, -0.25) is 4.79 Å². The lowest BCUT2D eigenvalue weighted by molar-refractivity contribution is -0.127. The minimum Gasteiger partial charge on any atom is -0.352 e. The Morgan fingerprint density at radius 1 is 1.38 bits per heavy atom. The molecule has 0 radical (unpaired) electrons. The van der Waals surface area contributed by atoms with Gasteiger partial charge in [-0.2, -0.15) is 0 Å². The van der Waals surface area contributed by atoms with Gasteiger partial charge in [0.25, 0.3) is 0 Å². The van der Waals surface area contributed by atoms with E-state index in [1.165, 1.54) is 25.7 Å². The van der Waals surface area contributed by atoms with Crippen LogP contribution in [0.1, 0.15) is 59.3 Å². The summed E-state index contributed by atoms with van der Waals surface area (Å²) in [6, 6.07) is 0.274. The molecule has 94 valence electrons. The van der Waals surface area contributed by atoms with Gasteiger partial charge in [-0.05, 0) is 38.5 Å². The van der Waals surface area contributed by atoms with E-state index >= 15 is 0 Å². The van der Waals surface area contributed by atoms with Crippen molar-refractivity contribution in [2.24, 2.45) is 11.7 Å². The topological polar surface area (TPSA) is 55.1 Å². The molecule has 0 heterocycles. The van der Waals surface area contributed by atoms with Gasteiger partial charge < -0.3 is 11.1 Å². The molecule has 0 spiro atoms. The van der Waals surface area contributed by atoms with E-state index in [0.29, 0.717) is 18.8 Å². The molecule has 0 aromatic carbocycles. The van der Waals surface area contributed by atoms with Crippen LogP contribution < -0.4 is 11.1 Å². The van der Waals surface area contributed by atoms with Crippen LogP contribution in [0.2, 0.25) is 0 Å². The Bertz CT molecular complexity index is 230. The minimum absolute atomic E-state index is 0.0249. The highest BCUT2D eigenvalue weighted by Gasteiger charge is 2.32. The van der Waals surface area contributed by atoms with Gasteiger partial charge >= 0.3 is 0 Å². The summed E-state index contributed by atoms with van der Waals surface area (Å²) in [7, 11) is 0. The summed E-state index contributed by atoms with van der Waals surface area (Å²) >= 11 is 0. The van der Waals surface area contributed by atoms with E-state index in [9.17, 15) is 4.79 Å². The fourth-order valence-corrected chi connectivity index (χ4v) is 2.50. The Balaban J connectivity index is 2.49. The second-order valence-electron chi connectivity index (χ2n) is 5.17. The number of hydrogen-bond acceptors (Lipinski definition) is 2. The largest absolute Gasteiger partial charge is 0.352 e. The lowest BCUT2D eigenvalue weighted by Gasteiger charge is -2.29. The third kappa shape index (κ3) is 2.97. The maximum atomic E-state index is 12.1. The summed E-state index contributed by atoms with van der Waals surface area (Å²) in [4.78, 5) is 12.1. The number of rotatable bonds is 5. The van der Waals surface area contributed by atoms with Gasteiger partial charge in [0.05, 0.1) is 5.54 Å². The number of carbonyl (C=O) groups is 1. The fourth-order valence-electron chi connectivity index (χ4n) is 2.50. The van der Waals surface area contributed by atoms with E-state index in [0.717, 1.165) is 0 Å². The molecule has 0 aliphatic heterocycles. The lowest BCUT2D eigenvalue weighted by atomic mass is 9.91. The van der Waals surface area contributed by atoms with E-state index in [1.54, 1.807) is 0 Å². The molecular weight excluding hydrogens is 200 g/mol. The van der Waals surface area contributed by atoms with Gasteiger partial charge in [0, 0.05) is 6.04 Å². The zero-order valence-electron chi connectivity index (χ0n) is 10.9. The van der Waals surface area contributed by atoms with Crippen LogP contribution in [-0.2, 0) is 4.79 Å². The predicted octanol–water partition coefficient (Wildman–Crippen LogP) is 2.20. The third-order valence-electron chi connectivity index (χ3n) is 4.18. The average Bonchev–Trinajstić information content (AvgIpc) is 2.81. The Labute approximate surface area is 99.2 Å². The number of hydrogen-bond donors (Lipinski definition) is 2. The maximum absolute atomic E-state index is 12.1. The molecule has 0 saturated heterocycles. The molecule has 0 aromatic heterocycles. The van der Waals surface area contributed by atoms with E-state index in [2.05, 4.69) is 12.2 Å². The molecule has 1 aliphatic carbocycles. The summed E-state index contributed by atoms with van der Waals surface area (Å²) < 4.78 is 0. The zero-order valence-corrected chi connectivity index (χ0v) is 10.9. The highest BCUT2D eigenvalue weighted by Crippen LogP contribution is 2.27. The van der Waals surface area contributed by atoms with Crippen LogP contribution in [-0.4, -0.2) is 17.5 Å². The number of amides is 1. The summed E-state index contributed by atoms with van der Waals surface area (Å²) in [5.41, 5.74) is 5.40. The van der Waals surface area contributed by atoms with Gasteiger partial charge in [-0.25, -0.2) is 0 Å². The SMILES string of the molecule is CCC(N)(CC)C(=O)N[C@H](C)C1CCCC1. The molecule has 3 nitrogen and oxygen atoms in total. The van der Waals surface area contributed by atoms with Gasteiger partial charge in [0.15, 0.2) is 0 Å². The normalized spacial score (nSPS) is 19.8. The Morgan fingerprint density at radius 2 is 1.88 bits per heavy atom. The zero-order chi connectivity index (χ0) is 12.2. The maximum Gasteiger partial charge on any atom is 0.240 e. The van der Waals surface area contributed by atoms with E-state index < -0.39 is 5.54 Å². The third-order valence-corrected chi connectivity index (χ3v) is 4.18. The molecule has 1 rings (SSSR count). The van der Waals surface area contributed by atoms with Crippen molar-refractivity contribution < 1.29 is 4.79 Å². The number of carbonyl (C=O) groups excluding carboxylic acids is 1. The second kappa shape index (κ2) is 5.67. The van der Waals surface area contributed by atoms with Crippen molar-refractivity contribution in [2.75, 3.05) is 0 Å². The van der Waals surface area contributed by atoms with E-state index in [1.807, 2.05) is 13.8 Å². The Morgan fingerprint density at radius 3 is 2.31 bits per heavy atom. The predicted molar refractivity (Wildman–Crippen MR) is 67.1 cm³/mol. The molecule has 1 aliphatic rings. The fraction of sp³-hybridized carbons (Fsp3) is 0.923. The molecule has 1 saturated carbocycles. The Hall–Kier alpha value is -0.570. The summed E-state index contributed by atoms with van der Waals surface area (Å²) in [6.45, 7) is 6.06. The van der Waals surface area contributed by atoms with Crippen LogP contribution in [0.3, 0.4) is 0 Å². The van der Waals surface area contributed by atoms with Crippen molar-refractivity contribution >= 4 is 5.91 Å². The molecule has 16 heavy (non-hydrogen) atoms. The number of nitrogens with one attached hydrogen (secondary N) is 1. The molecule has 3 N–H and O–H groups in total. The highest BCUT2D eigenvalue weighted by atomic mass is 16.2. The highest BCUT2D eigenvalue weighted by molar-refractivity contribution is 5.86. The average molecular weight is 226 g/mol. The first-order chi connectivity index (χ1) is 7.53. The smallest absolute Gasteiger partial charge is 0.240 e. The molecule has 0 bridgehead atoms. The minimum atomic E-state index is -0.674. The molecule has 1 atom stereocenters. The summed E-state index contributed by atoms with van der Waals surface area (Å²) in [5, 5.41) is 3.10. The van der Waals surface area contributed by atoms with Crippen molar-refractivity contribution in [3.63, 3.8) is 0 Å². The first-order valence-corrected chi connectivity index (χ1v) is 6.63. The summed E-state index contributed by atoms with van der Waals surface area (Å²) in [6.07, 6.45) is 6.51. The van der Waals surface area contributed by atoms with Crippen molar-refractivity contribution in [1.29, 1.82) is 0 Å². The van der Waals surface area contributed by atoms with Gasteiger partial charge in [0.2, 0.25) is 5.91 Å². The molecule has 1 amide bonds.